The number of carbonyl (C=O) groups excluding carboxylic acids is 1. The normalized spacial score (nSPS) is 39.0. The fourth-order valence-corrected chi connectivity index (χ4v) is 2.16. The van der Waals surface area contributed by atoms with E-state index in [9.17, 15) is 4.79 Å². The van der Waals surface area contributed by atoms with Crippen LogP contribution in [0.25, 0.3) is 0 Å². The fourth-order valence-electron chi connectivity index (χ4n) is 2.16. The van der Waals surface area contributed by atoms with Gasteiger partial charge in [0.1, 0.15) is 0 Å². The highest BCUT2D eigenvalue weighted by Gasteiger charge is 2.35. The molecule has 56 valence electrons. The maximum absolute atomic E-state index is 11.1. The van der Waals surface area contributed by atoms with Crippen LogP contribution in [0.1, 0.15) is 25.7 Å². The largest absolute Gasteiger partial charge is 0.356 e. The van der Waals surface area contributed by atoms with Crippen molar-refractivity contribution < 1.29 is 4.79 Å². The Kier molecular flexibility index (Phi) is 1.40. The molecule has 0 spiro atoms. The van der Waals surface area contributed by atoms with Crippen molar-refractivity contribution in [1.29, 1.82) is 0 Å². The molecule has 10 heavy (non-hydrogen) atoms. The van der Waals surface area contributed by atoms with E-state index in [1.807, 2.05) is 0 Å². The minimum Gasteiger partial charge on any atom is -0.356 e. The molecule has 1 saturated heterocycles. The zero-order valence-corrected chi connectivity index (χ0v) is 6.10. The number of hydrogen-bond donors (Lipinski definition) is 1. The zero-order valence-electron chi connectivity index (χ0n) is 6.10. The summed E-state index contributed by atoms with van der Waals surface area (Å²) < 4.78 is 0. The van der Waals surface area contributed by atoms with E-state index in [2.05, 4.69) is 5.32 Å². The van der Waals surface area contributed by atoms with Crippen LogP contribution >= 0.6 is 0 Å². The molecule has 2 atom stereocenters. The molecule has 1 saturated carbocycles. The van der Waals surface area contributed by atoms with Crippen LogP contribution in [-0.4, -0.2) is 12.5 Å². The summed E-state index contributed by atoms with van der Waals surface area (Å²) in [7, 11) is 0. The average molecular weight is 139 g/mol. The van der Waals surface area contributed by atoms with Crippen molar-refractivity contribution >= 4 is 5.91 Å². The molecule has 0 aromatic heterocycles. The number of carbonyl (C=O) groups is 1. The van der Waals surface area contributed by atoms with Gasteiger partial charge in [-0.2, -0.15) is 0 Å². The highest BCUT2D eigenvalue weighted by Crippen LogP contribution is 2.32. The van der Waals surface area contributed by atoms with Crippen LogP contribution in [0.15, 0.2) is 0 Å². The predicted molar refractivity (Wildman–Crippen MR) is 38.5 cm³/mol. The Bertz CT molecular complexity index is 155. The monoisotopic (exact) mass is 139 g/mol. The minimum atomic E-state index is 0.310. The van der Waals surface area contributed by atoms with E-state index in [-0.39, 0.29) is 0 Å². The second kappa shape index (κ2) is 2.26. The SMILES string of the molecule is O=C1NC[C@@H]2CCCC[C@H]12. The Morgan fingerprint density at radius 1 is 1.30 bits per heavy atom. The lowest BCUT2D eigenvalue weighted by molar-refractivity contribution is -0.123. The summed E-state index contributed by atoms with van der Waals surface area (Å²) in [6, 6.07) is 0. The lowest BCUT2D eigenvalue weighted by Crippen LogP contribution is -2.21. The van der Waals surface area contributed by atoms with Gasteiger partial charge >= 0.3 is 0 Å². The highest BCUT2D eigenvalue weighted by molar-refractivity contribution is 5.81. The van der Waals surface area contributed by atoms with Gasteiger partial charge in [-0.15, -0.1) is 0 Å². The molecule has 2 rings (SSSR count). The van der Waals surface area contributed by atoms with Gasteiger partial charge in [-0.05, 0) is 18.8 Å². The van der Waals surface area contributed by atoms with Crippen molar-refractivity contribution in [1.82, 2.24) is 5.32 Å². The molecular formula is C8H13NO. The van der Waals surface area contributed by atoms with Crippen LogP contribution < -0.4 is 5.32 Å². The lowest BCUT2D eigenvalue weighted by Gasteiger charge is -2.21. The first-order valence-corrected chi connectivity index (χ1v) is 4.15. The molecule has 2 nitrogen and oxygen atoms in total. The molecular weight excluding hydrogens is 126 g/mol. The van der Waals surface area contributed by atoms with Crippen molar-refractivity contribution in [2.24, 2.45) is 11.8 Å². The molecule has 2 fully saturated rings. The number of rotatable bonds is 0. The second-order valence-corrected chi connectivity index (χ2v) is 3.40. The summed E-state index contributed by atoms with van der Waals surface area (Å²) >= 11 is 0. The van der Waals surface area contributed by atoms with Gasteiger partial charge in [0, 0.05) is 12.5 Å². The topological polar surface area (TPSA) is 29.1 Å². The third kappa shape index (κ3) is 0.825. The summed E-state index contributed by atoms with van der Waals surface area (Å²) in [6.07, 6.45) is 4.99. The molecule has 1 heterocycles. The van der Waals surface area contributed by atoms with Gasteiger partial charge in [-0.1, -0.05) is 12.8 Å². The molecule has 2 heteroatoms. The molecule has 2 aliphatic rings. The first-order chi connectivity index (χ1) is 4.88. The van der Waals surface area contributed by atoms with Gasteiger partial charge < -0.3 is 5.32 Å². The van der Waals surface area contributed by atoms with Gasteiger partial charge in [0.2, 0.25) is 5.91 Å². The van der Waals surface area contributed by atoms with Gasteiger partial charge in [-0.25, -0.2) is 0 Å². The standard InChI is InChI=1S/C8H13NO/c10-8-7-4-2-1-3-6(7)5-9-8/h6-7H,1-5H2,(H,9,10)/t6-,7-/m0/s1. The summed E-state index contributed by atoms with van der Waals surface area (Å²) in [4.78, 5) is 11.1. The van der Waals surface area contributed by atoms with Gasteiger partial charge in [0.25, 0.3) is 0 Å². The summed E-state index contributed by atoms with van der Waals surface area (Å²) in [5.41, 5.74) is 0. The Morgan fingerprint density at radius 2 is 2.10 bits per heavy atom. The second-order valence-electron chi connectivity index (χ2n) is 3.40. The van der Waals surface area contributed by atoms with Gasteiger partial charge in [-0.3, -0.25) is 4.79 Å². The average Bonchev–Trinajstić information content (AvgIpc) is 2.34. The van der Waals surface area contributed by atoms with E-state index in [1.165, 1.54) is 19.3 Å². The summed E-state index contributed by atoms with van der Waals surface area (Å²) in [6.45, 7) is 0.948. The fraction of sp³-hybridized carbons (Fsp3) is 0.875. The molecule has 1 amide bonds. The lowest BCUT2D eigenvalue weighted by atomic mass is 9.81. The number of fused-ring (bicyclic) bond motifs is 1. The highest BCUT2D eigenvalue weighted by atomic mass is 16.2. The quantitative estimate of drug-likeness (QED) is 0.531. The molecule has 1 aliphatic carbocycles. The van der Waals surface area contributed by atoms with Crippen molar-refractivity contribution in [2.75, 3.05) is 6.54 Å². The Hall–Kier alpha value is -0.530. The molecule has 0 aromatic rings. The first kappa shape index (κ1) is 6.20. The van der Waals surface area contributed by atoms with E-state index in [0.717, 1.165) is 13.0 Å². The summed E-state index contributed by atoms with van der Waals surface area (Å²) in [5, 5.41) is 2.92. The van der Waals surface area contributed by atoms with Gasteiger partial charge in [0.05, 0.1) is 0 Å². The van der Waals surface area contributed by atoms with Crippen LogP contribution in [0.5, 0.6) is 0 Å². The van der Waals surface area contributed by atoms with Crippen LogP contribution in [0.4, 0.5) is 0 Å². The molecule has 0 radical (unpaired) electrons. The third-order valence-electron chi connectivity index (χ3n) is 2.78. The molecule has 0 aromatic carbocycles. The van der Waals surface area contributed by atoms with E-state index in [4.69, 9.17) is 0 Å². The van der Waals surface area contributed by atoms with E-state index < -0.39 is 0 Å². The van der Waals surface area contributed by atoms with Crippen molar-refractivity contribution in [3.05, 3.63) is 0 Å². The minimum absolute atomic E-state index is 0.310. The van der Waals surface area contributed by atoms with Crippen LogP contribution in [0, 0.1) is 11.8 Å². The predicted octanol–water partition coefficient (Wildman–Crippen LogP) is 0.923. The van der Waals surface area contributed by atoms with E-state index in [1.54, 1.807) is 0 Å². The number of amides is 1. The third-order valence-corrected chi connectivity index (χ3v) is 2.78. The molecule has 1 aliphatic heterocycles. The van der Waals surface area contributed by atoms with E-state index in [0.29, 0.717) is 17.7 Å². The Labute approximate surface area is 61.0 Å². The van der Waals surface area contributed by atoms with E-state index >= 15 is 0 Å². The molecule has 1 N–H and O–H groups in total. The van der Waals surface area contributed by atoms with Crippen LogP contribution in [0.2, 0.25) is 0 Å². The summed E-state index contributed by atoms with van der Waals surface area (Å²) in [5.74, 6) is 1.37. The van der Waals surface area contributed by atoms with Crippen molar-refractivity contribution in [2.45, 2.75) is 25.7 Å². The van der Waals surface area contributed by atoms with Crippen LogP contribution in [0.3, 0.4) is 0 Å². The number of nitrogens with one attached hydrogen (secondary N) is 1. The Balaban J connectivity index is 2.08. The Morgan fingerprint density at radius 3 is 2.90 bits per heavy atom. The smallest absolute Gasteiger partial charge is 0.223 e. The number of hydrogen-bond acceptors (Lipinski definition) is 1. The molecule has 0 unspecified atom stereocenters. The van der Waals surface area contributed by atoms with Crippen molar-refractivity contribution in [3.63, 3.8) is 0 Å². The maximum atomic E-state index is 11.1. The van der Waals surface area contributed by atoms with Gasteiger partial charge in [0.15, 0.2) is 0 Å². The van der Waals surface area contributed by atoms with Crippen molar-refractivity contribution in [3.8, 4) is 0 Å². The zero-order chi connectivity index (χ0) is 6.97. The first-order valence-electron chi connectivity index (χ1n) is 4.15. The molecule has 0 bridgehead atoms. The maximum Gasteiger partial charge on any atom is 0.223 e. The van der Waals surface area contributed by atoms with Crippen LogP contribution in [-0.2, 0) is 4.79 Å².